The summed E-state index contributed by atoms with van der Waals surface area (Å²) in [5, 5.41) is 5.82. The molecule has 0 bridgehead atoms. The van der Waals surface area contributed by atoms with Crippen molar-refractivity contribution in [3.05, 3.63) is 60.4 Å². The van der Waals surface area contributed by atoms with E-state index in [0.29, 0.717) is 24.0 Å². The molecule has 0 fully saturated rings. The van der Waals surface area contributed by atoms with Crippen LogP contribution < -0.4 is 10.6 Å². The van der Waals surface area contributed by atoms with Gasteiger partial charge in [-0.25, -0.2) is 13.8 Å². The van der Waals surface area contributed by atoms with Crippen LogP contribution in [-0.2, 0) is 0 Å². The third kappa shape index (κ3) is 3.45. The minimum absolute atomic E-state index is 0.0110. The number of anilines is 3. The maximum Gasteiger partial charge on any atom is 0.225 e. The number of nitrogens with zero attached hydrogens (tertiary/aromatic N) is 3. The van der Waals surface area contributed by atoms with Crippen LogP contribution in [0.25, 0.3) is 11.3 Å². The molecule has 2 aromatic heterocycles. The van der Waals surface area contributed by atoms with Crippen molar-refractivity contribution in [1.82, 2.24) is 15.0 Å². The SMILES string of the molecule is CCNc1nc(Nc2cccc(F)c2F)cc(-c2ccncc2)n1. The highest BCUT2D eigenvalue weighted by molar-refractivity contribution is 5.67. The first-order valence-corrected chi connectivity index (χ1v) is 7.41. The van der Waals surface area contributed by atoms with Crippen LogP contribution in [0.2, 0.25) is 0 Å². The molecule has 3 rings (SSSR count). The number of hydrogen-bond donors (Lipinski definition) is 2. The predicted molar refractivity (Wildman–Crippen MR) is 89.1 cm³/mol. The molecule has 2 N–H and O–H groups in total. The Bertz CT molecular complexity index is 840. The molecule has 0 saturated carbocycles. The second-order valence-electron chi connectivity index (χ2n) is 4.95. The van der Waals surface area contributed by atoms with Gasteiger partial charge in [0.1, 0.15) is 5.82 Å². The molecule has 0 aliphatic rings. The maximum absolute atomic E-state index is 13.9. The fraction of sp³-hybridized carbons (Fsp3) is 0.118. The minimum atomic E-state index is -0.952. The molecular formula is C17H15F2N5. The molecule has 0 unspecified atom stereocenters. The standard InChI is InChI=1S/C17H15F2N5/c1-2-21-17-23-14(11-6-8-20-9-7-11)10-15(24-17)22-13-5-3-4-12(18)16(13)19/h3-10H,2H2,1H3,(H2,21,22,23,24). The van der Waals surface area contributed by atoms with E-state index in [0.717, 1.165) is 11.6 Å². The lowest BCUT2D eigenvalue weighted by Crippen LogP contribution is -2.06. The lowest BCUT2D eigenvalue weighted by Gasteiger charge is -2.11. The third-order valence-electron chi connectivity index (χ3n) is 3.25. The Balaban J connectivity index is 2.00. The number of benzene rings is 1. The molecule has 0 aliphatic heterocycles. The topological polar surface area (TPSA) is 62.7 Å². The maximum atomic E-state index is 13.9. The molecule has 0 spiro atoms. The molecule has 2 heterocycles. The fourth-order valence-corrected chi connectivity index (χ4v) is 2.16. The van der Waals surface area contributed by atoms with Gasteiger partial charge in [0, 0.05) is 30.6 Å². The Labute approximate surface area is 137 Å². The van der Waals surface area contributed by atoms with Crippen LogP contribution in [0.15, 0.2) is 48.8 Å². The summed E-state index contributed by atoms with van der Waals surface area (Å²) in [6, 6.07) is 9.22. The molecule has 24 heavy (non-hydrogen) atoms. The summed E-state index contributed by atoms with van der Waals surface area (Å²) in [5.74, 6) is -1.12. The molecule has 0 aliphatic carbocycles. The van der Waals surface area contributed by atoms with E-state index >= 15 is 0 Å². The van der Waals surface area contributed by atoms with E-state index in [1.54, 1.807) is 18.5 Å². The van der Waals surface area contributed by atoms with Gasteiger partial charge in [-0.2, -0.15) is 4.98 Å². The van der Waals surface area contributed by atoms with Crippen molar-refractivity contribution in [3.8, 4) is 11.3 Å². The third-order valence-corrected chi connectivity index (χ3v) is 3.25. The van der Waals surface area contributed by atoms with Gasteiger partial charge >= 0.3 is 0 Å². The highest BCUT2D eigenvalue weighted by Crippen LogP contribution is 2.25. The highest BCUT2D eigenvalue weighted by Gasteiger charge is 2.11. The smallest absolute Gasteiger partial charge is 0.225 e. The van der Waals surface area contributed by atoms with E-state index < -0.39 is 11.6 Å². The first-order chi connectivity index (χ1) is 11.7. The largest absolute Gasteiger partial charge is 0.354 e. The molecule has 5 nitrogen and oxygen atoms in total. The van der Waals surface area contributed by atoms with Gasteiger partial charge in [-0.1, -0.05) is 6.07 Å². The van der Waals surface area contributed by atoms with E-state index in [9.17, 15) is 8.78 Å². The molecule has 0 saturated heterocycles. The van der Waals surface area contributed by atoms with Crippen molar-refractivity contribution in [3.63, 3.8) is 0 Å². The number of aromatic nitrogens is 3. The van der Waals surface area contributed by atoms with Crippen LogP contribution in [0.4, 0.5) is 26.2 Å². The lowest BCUT2D eigenvalue weighted by molar-refractivity contribution is 0.511. The van der Waals surface area contributed by atoms with Crippen molar-refractivity contribution >= 4 is 17.5 Å². The molecule has 7 heteroatoms. The van der Waals surface area contributed by atoms with Gasteiger partial charge in [0.15, 0.2) is 11.6 Å². The summed E-state index contributed by atoms with van der Waals surface area (Å²) in [6.07, 6.45) is 3.31. The van der Waals surface area contributed by atoms with Gasteiger partial charge in [-0.3, -0.25) is 4.98 Å². The second kappa shape index (κ2) is 6.99. The van der Waals surface area contributed by atoms with Gasteiger partial charge in [-0.15, -0.1) is 0 Å². The van der Waals surface area contributed by atoms with Gasteiger partial charge in [0.05, 0.1) is 11.4 Å². The van der Waals surface area contributed by atoms with Crippen molar-refractivity contribution in [2.45, 2.75) is 6.92 Å². The molecule has 0 radical (unpaired) electrons. The van der Waals surface area contributed by atoms with Gasteiger partial charge < -0.3 is 10.6 Å². The van der Waals surface area contributed by atoms with Crippen LogP contribution >= 0.6 is 0 Å². The van der Waals surface area contributed by atoms with Crippen LogP contribution in [0.5, 0.6) is 0 Å². The molecule has 122 valence electrons. The number of halogens is 2. The molecular weight excluding hydrogens is 312 g/mol. The zero-order valence-corrected chi connectivity index (χ0v) is 12.9. The van der Waals surface area contributed by atoms with E-state index in [1.165, 1.54) is 12.1 Å². The Morgan fingerprint density at radius 2 is 1.83 bits per heavy atom. The normalized spacial score (nSPS) is 10.5. The fourth-order valence-electron chi connectivity index (χ4n) is 2.16. The van der Waals surface area contributed by atoms with Crippen molar-refractivity contribution < 1.29 is 8.78 Å². The highest BCUT2D eigenvalue weighted by atomic mass is 19.2. The van der Waals surface area contributed by atoms with Crippen LogP contribution in [-0.4, -0.2) is 21.5 Å². The first-order valence-electron chi connectivity index (χ1n) is 7.41. The summed E-state index contributed by atoms with van der Waals surface area (Å²) in [4.78, 5) is 12.7. The van der Waals surface area contributed by atoms with Crippen LogP contribution in [0.1, 0.15) is 6.92 Å². The van der Waals surface area contributed by atoms with Crippen LogP contribution in [0.3, 0.4) is 0 Å². The van der Waals surface area contributed by atoms with Gasteiger partial charge in [-0.05, 0) is 31.2 Å². The zero-order chi connectivity index (χ0) is 16.9. The number of rotatable bonds is 5. The summed E-state index contributed by atoms with van der Waals surface area (Å²) >= 11 is 0. The Morgan fingerprint density at radius 3 is 2.58 bits per heavy atom. The average molecular weight is 327 g/mol. The van der Waals surface area contributed by atoms with Crippen molar-refractivity contribution in [2.24, 2.45) is 0 Å². The van der Waals surface area contributed by atoms with Crippen LogP contribution in [0, 0.1) is 11.6 Å². The second-order valence-corrected chi connectivity index (χ2v) is 4.95. The monoisotopic (exact) mass is 327 g/mol. The molecule has 1 aromatic carbocycles. The number of pyridine rings is 1. The molecule has 0 amide bonds. The first kappa shape index (κ1) is 15.8. The van der Waals surface area contributed by atoms with Gasteiger partial charge in [0.2, 0.25) is 5.95 Å². The predicted octanol–water partition coefficient (Wildman–Crippen LogP) is 3.99. The Kier molecular flexibility index (Phi) is 4.60. The zero-order valence-electron chi connectivity index (χ0n) is 12.9. The average Bonchev–Trinajstić information content (AvgIpc) is 2.60. The summed E-state index contributed by atoms with van der Waals surface area (Å²) in [7, 11) is 0. The summed E-state index contributed by atoms with van der Waals surface area (Å²) in [6.45, 7) is 2.55. The number of hydrogen-bond acceptors (Lipinski definition) is 5. The Morgan fingerprint density at radius 1 is 1.04 bits per heavy atom. The van der Waals surface area contributed by atoms with Crippen molar-refractivity contribution in [2.75, 3.05) is 17.2 Å². The Hall–Kier alpha value is -3.09. The lowest BCUT2D eigenvalue weighted by atomic mass is 10.2. The van der Waals surface area contributed by atoms with E-state index in [4.69, 9.17) is 0 Å². The molecule has 3 aromatic rings. The minimum Gasteiger partial charge on any atom is -0.354 e. The molecule has 0 atom stereocenters. The summed E-state index contributed by atoms with van der Waals surface area (Å²) < 4.78 is 27.2. The van der Waals surface area contributed by atoms with E-state index in [1.807, 2.05) is 19.1 Å². The van der Waals surface area contributed by atoms with E-state index in [2.05, 4.69) is 25.6 Å². The van der Waals surface area contributed by atoms with Gasteiger partial charge in [0.25, 0.3) is 0 Å². The summed E-state index contributed by atoms with van der Waals surface area (Å²) in [5.41, 5.74) is 1.49. The number of nitrogens with one attached hydrogen (secondary N) is 2. The van der Waals surface area contributed by atoms with Crippen molar-refractivity contribution in [1.29, 1.82) is 0 Å². The van der Waals surface area contributed by atoms with E-state index in [-0.39, 0.29) is 5.69 Å². The quantitative estimate of drug-likeness (QED) is 0.742.